The van der Waals surface area contributed by atoms with Crippen molar-refractivity contribution >= 4 is 51.4 Å². The largest absolute Gasteiger partial charge is 0.495 e. The fourth-order valence-corrected chi connectivity index (χ4v) is 3.61. The van der Waals surface area contributed by atoms with Crippen LogP contribution in [0.5, 0.6) is 5.75 Å². The molecule has 150 valence electrons. The summed E-state index contributed by atoms with van der Waals surface area (Å²) in [6.45, 7) is 3.53. The van der Waals surface area contributed by atoms with Crippen molar-refractivity contribution in [2.45, 2.75) is 13.8 Å². The van der Waals surface area contributed by atoms with Gasteiger partial charge in [-0.05, 0) is 43.7 Å². The molecule has 3 aromatic rings. The van der Waals surface area contributed by atoms with Crippen LogP contribution in [0.1, 0.15) is 20.9 Å². The second kappa shape index (κ2) is 8.93. The average molecular weight is 431 g/mol. The minimum atomic E-state index is -0.485. The molecule has 1 heterocycles. The maximum Gasteiger partial charge on any atom is 0.325 e. The molecular formula is C20H19ClN4O3S. The van der Waals surface area contributed by atoms with Crippen LogP contribution in [0.3, 0.4) is 0 Å². The predicted octanol–water partition coefficient (Wildman–Crippen LogP) is 5.32. The number of hydrogen-bond donors (Lipinski definition) is 3. The summed E-state index contributed by atoms with van der Waals surface area (Å²) in [7, 11) is 1.52. The Labute approximate surface area is 177 Å². The molecule has 3 rings (SSSR count). The molecule has 0 aliphatic carbocycles. The zero-order valence-corrected chi connectivity index (χ0v) is 17.6. The number of thiazole rings is 1. The molecule has 0 saturated heterocycles. The van der Waals surface area contributed by atoms with Crippen molar-refractivity contribution in [3.8, 4) is 5.75 Å². The fraction of sp³-hybridized carbons (Fsp3) is 0.150. The Bertz CT molecular complexity index is 1070. The number of ether oxygens (including phenoxy) is 1. The summed E-state index contributed by atoms with van der Waals surface area (Å²) in [6, 6.07) is 11.9. The van der Waals surface area contributed by atoms with Gasteiger partial charge in [0.05, 0.1) is 18.5 Å². The number of carbonyl (C=O) groups is 2. The maximum atomic E-state index is 12.6. The van der Waals surface area contributed by atoms with E-state index in [1.165, 1.54) is 7.11 Å². The summed E-state index contributed by atoms with van der Waals surface area (Å²) < 4.78 is 5.21. The Kier molecular flexibility index (Phi) is 6.36. The molecule has 2 aromatic carbocycles. The van der Waals surface area contributed by atoms with Gasteiger partial charge in [-0.15, -0.1) is 0 Å². The summed E-state index contributed by atoms with van der Waals surface area (Å²) >= 11 is 7.19. The highest BCUT2D eigenvalue weighted by molar-refractivity contribution is 7.17. The van der Waals surface area contributed by atoms with Crippen LogP contribution in [0.15, 0.2) is 42.5 Å². The lowest BCUT2D eigenvalue weighted by Crippen LogP contribution is -2.19. The van der Waals surface area contributed by atoms with Crippen LogP contribution in [0.4, 0.5) is 21.3 Å². The highest BCUT2D eigenvalue weighted by Gasteiger charge is 2.18. The summed E-state index contributed by atoms with van der Waals surface area (Å²) in [5.74, 6) is 0.221. The second-order valence-corrected chi connectivity index (χ2v) is 7.49. The number of benzene rings is 2. The van der Waals surface area contributed by atoms with Gasteiger partial charge in [0.2, 0.25) is 0 Å². The zero-order valence-electron chi connectivity index (χ0n) is 16.0. The summed E-state index contributed by atoms with van der Waals surface area (Å²) in [6.07, 6.45) is 0. The van der Waals surface area contributed by atoms with Crippen molar-refractivity contribution in [1.29, 1.82) is 0 Å². The molecule has 0 radical (unpaired) electrons. The van der Waals surface area contributed by atoms with Gasteiger partial charge >= 0.3 is 6.03 Å². The number of para-hydroxylation sites is 2. The van der Waals surface area contributed by atoms with Crippen LogP contribution in [0.2, 0.25) is 5.02 Å². The molecule has 0 unspecified atom stereocenters. The number of nitrogens with zero attached hydrogens (tertiary/aromatic N) is 1. The minimum absolute atomic E-state index is 0.308. The molecule has 0 atom stereocenters. The van der Waals surface area contributed by atoms with Crippen LogP contribution >= 0.6 is 22.9 Å². The van der Waals surface area contributed by atoms with Crippen molar-refractivity contribution in [3.05, 3.63) is 63.6 Å². The lowest BCUT2D eigenvalue weighted by atomic mass is 10.2. The second-order valence-electron chi connectivity index (χ2n) is 6.08. The summed E-state index contributed by atoms with van der Waals surface area (Å²) in [5.41, 5.74) is 2.44. The predicted molar refractivity (Wildman–Crippen MR) is 117 cm³/mol. The number of anilines is 3. The Balaban J connectivity index is 1.70. The number of carbonyl (C=O) groups excluding carboxylic acids is 2. The van der Waals surface area contributed by atoms with Gasteiger partial charge < -0.3 is 15.4 Å². The van der Waals surface area contributed by atoms with Gasteiger partial charge in [-0.3, -0.25) is 10.1 Å². The Morgan fingerprint density at radius 2 is 1.72 bits per heavy atom. The van der Waals surface area contributed by atoms with Crippen molar-refractivity contribution in [1.82, 2.24) is 4.98 Å². The van der Waals surface area contributed by atoms with Crippen LogP contribution in [0, 0.1) is 13.8 Å². The molecule has 3 N–H and O–H groups in total. The van der Waals surface area contributed by atoms with Gasteiger partial charge in [-0.1, -0.05) is 41.1 Å². The van der Waals surface area contributed by atoms with E-state index in [4.69, 9.17) is 16.3 Å². The quantitative estimate of drug-likeness (QED) is 0.510. The molecule has 0 fully saturated rings. The van der Waals surface area contributed by atoms with E-state index in [2.05, 4.69) is 20.9 Å². The van der Waals surface area contributed by atoms with E-state index in [0.717, 1.165) is 16.9 Å². The van der Waals surface area contributed by atoms with Gasteiger partial charge in [0.1, 0.15) is 10.6 Å². The molecule has 0 aliphatic rings. The van der Waals surface area contributed by atoms with Gasteiger partial charge in [0.15, 0.2) is 5.13 Å². The monoisotopic (exact) mass is 430 g/mol. The van der Waals surface area contributed by atoms with E-state index < -0.39 is 6.03 Å². The van der Waals surface area contributed by atoms with Crippen molar-refractivity contribution < 1.29 is 14.3 Å². The number of halogens is 1. The number of nitrogens with one attached hydrogen (secondary N) is 3. The standard InChI is InChI=1S/C20H19ClN4O3S/c1-11-13(21)7-6-9-14(11)23-18(26)17-12(2)22-20(29-17)25-19(27)24-15-8-4-5-10-16(15)28-3/h4-10H,1-3H3,(H,23,26)(H2,22,24,25,27). The number of rotatable bonds is 5. The van der Waals surface area contributed by atoms with Crippen LogP contribution in [0.25, 0.3) is 0 Å². The summed E-state index contributed by atoms with van der Waals surface area (Å²) in [5, 5.41) is 9.05. The third-order valence-electron chi connectivity index (χ3n) is 4.09. The molecular weight excluding hydrogens is 412 g/mol. The number of hydrogen-bond acceptors (Lipinski definition) is 5. The average Bonchev–Trinajstić information content (AvgIpc) is 3.05. The molecule has 0 spiro atoms. The van der Waals surface area contributed by atoms with Crippen LogP contribution < -0.4 is 20.7 Å². The van der Waals surface area contributed by atoms with Gasteiger partial charge in [0.25, 0.3) is 5.91 Å². The Hall–Kier alpha value is -3.10. The normalized spacial score (nSPS) is 10.3. The SMILES string of the molecule is COc1ccccc1NC(=O)Nc1nc(C)c(C(=O)Nc2cccc(Cl)c2C)s1. The van der Waals surface area contributed by atoms with E-state index in [-0.39, 0.29) is 5.91 Å². The third-order valence-corrected chi connectivity index (χ3v) is 5.58. The van der Waals surface area contributed by atoms with E-state index in [1.54, 1.807) is 49.4 Å². The van der Waals surface area contributed by atoms with Gasteiger partial charge in [-0.2, -0.15) is 0 Å². The fourth-order valence-electron chi connectivity index (χ4n) is 2.58. The molecule has 0 aliphatic heterocycles. The topological polar surface area (TPSA) is 92.3 Å². The summed E-state index contributed by atoms with van der Waals surface area (Å²) in [4.78, 5) is 29.6. The van der Waals surface area contributed by atoms with Gasteiger partial charge in [-0.25, -0.2) is 9.78 Å². The first-order valence-corrected chi connectivity index (χ1v) is 9.83. The first kappa shape index (κ1) is 20.6. The van der Waals surface area contributed by atoms with Crippen molar-refractivity contribution in [2.24, 2.45) is 0 Å². The van der Waals surface area contributed by atoms with E-state index in [9.17, 15) is 9.59 Å². The van der Waals surface area contributed by atoms with E-state index >= 15 is 0 Å². The third kappa shape index (κ3) is 4.85. The molecule has 29 heavy (non-hydrogen) atoms. The first-order chi connectivity index (χ1) is 13.9. The molecule has 7 nitrogen and oxygen atoms in total. The molecule has 0 bridgehead atoms. The van der Waals surface area contributed by atoms with E-state index in [1.807, 2.05) is 6.92 Å². The minimum Gasteiger partial charge on any atom is -0.495 e. The maximum absolute atomic E-state index is 12.6. The number of aryl methyl sites for hydroxylation is 1. The van der Waals surface area contributed by atoms with Crippen molar-refractivity contribution in [3.63, 3.8) is 0 Å². The smallest absolute Gasteiger partial charge is 0.325 e. The number of urea groups is 1. The lowest BCUT2D eigenvalue weighted by molar-refractivity contribution is 0.102. The molecule has 3 amide bonds. The van der Waals surface area contributed by atoms with Crippen molar-refractivity contribution in [2.75, 3.05) is 23.1 Å². The molecule has 9 heteroatoms. The van der Waals surface area contributed by atoms with Crippen LogP contribution in [-0.2, 0) is 0 Å². The first-order valence-electron chi connectivity index (χ1n) is 8.64. The van der Waals surface area contributed by atoms with Crippen LogP contribution in [-0.4, -0.2) is 24.0 Å². The van der Waals surface area contributed by atoms with Gasteiger partial charge in [0, 0.05) is 10.7 Å². The molecule has 0 saturated carbocycles. The highest BCUT2D eigenvalue weighted by Crippen LogP contribution is 2.27. The Morgan fingerprint density at radius 3 is 2.48 bits per heavy atom. The zero-order chi connectivity index (χ0) is 21.0. The van der Waals surface area contributed by atoms with E-state index in [0.29, 0.717) is 37.8 Å². The highest BCUT2D eigenvalue weighted by atomic mass is 35.5. The number of methoxy groups -OCH3 is 1. The number of aromatic nitrogens is 1. The lowest BCUT2D eigenvalue weighted by Gasteiger charge is -2.09. The Morgan fingerprint density at radius 1 is 1.00 bits per heavy atom. The molecule has 1 aromatic heterocycles. The number of amides is 3.